The van der Waals surface area contributed by atoms with Crippen molar-refractivity contribution in [1.82, 2.24) is 10.2 Å². The maximum absolute atomic E-state index is 11.6. The molecule has 0 aromatic carbocycles. The summed E-state index contributed by atoms with van der Waals surface area (Å²) in [6.07, 6.45) is -0.0196. The summed E-state index contributed by atoms with van der Waals surface area (Å²) >= 11 is 0. The van der Waals surface area contributed by atoms with Crippen LogP contribution in [0.15, 0.2) is 0 Å². The van der Waals surface area contributed by atoms with E-state index in [4.69, 9.17) is 10.5 Å². The lowest BCUT2D eigenvalue weighted by atomic mass is 10.2. The van der Waals surface area contributed by atoms with E-state index >= 15 is 0 Å². The fourth-order valence-electron chi connectivity index (χ4n) is 1.50. The Labute approximate surface area is 84.6 Å². The normalized spacial score (nSPS) is 27.5. The number of morpholine rings is 1. The summed E-state index contributed by atoms with van der Waals surface area (Å²) in [7, 11) is 0. The van der Waals surface area contributed by atoms with Gasteiger partial charge in [-0.05, 0) is 13.8 Å². The third-order valence-electron chi connectivity index (χ3n) is 2.36. The number of nitrogens with one attached hydrogen (secondary N) is 1. The van der Waals surface area contributed by atoms with Gasteiger partial charge in [0.25, 0.3) is 0 Å². The Hall–Kier alpha value is -0.810. The average molecular weight is 201 g/mol. The van der Waals surface area contributed by atoms with E-state index in [1.165, 1.54) is 0 Å². The molecule has 1 saturated heterocycles. The summed E-state index contributed by atoms with van der Waals surface area (Å²) in [5.74, 6) is 0. The van der Waals surface area contributed by atoms with E-state index in [1.807, 2.05) is 13.8 Å². The maximum Gasteiger partial charge on any atom is 0.317 e. The van der Waals surface area contributed by atoms with Crippen molar-refractivity contribution >= 4 is 6.03 Å². The SMILES string of the molecule is CCNC(=O)N1CC(CN)OCC1C. The third kappa shape index (κ3) is 2.59. The first-order valence-electron chi connectivity index (χ1n) is 5.05. The van der Waals surface area contributed by atoms with Gasteiger partial charge in [-0.1, -0.05) is 0 Å². The highest BCUT2D eigenvalue weighted by Crippen LogP contribution is 2.10. The monoisotopic (exact) mass is 201 g/mol. The van der Waals surface area contributed by atoms with Gasteiger partial charge in [0, 0.05) is 13.1 Å². The molecule has 0 bridgehead atoms. The molecule has 0 saturated carbocycles. The number of hydrogen-bond acceptors (Lipinski definition) is 3. The molecule has 2 atom stereocenters. The Bertz CT molecular complexity index is 198. The number of carbonyl (C=O) groups excluding carboxylic acids is 1. The van der Waals surface area contributed by atoms with Crippen molar-refractivity contribution < 1.29 is 9.53 Å². The number of amides is 2. The van der Waals surface area contributed by atoms with Crippen LogP contribution in [-0.4, -0.2) is 49.3 Å². The molecule has 0 aromatic rings. The van der Waals surface area contributed by atoms with E-state index in [2.05, 4.69) is 5.32 Å². The van der Waals surface area contributed by atoms with Gasteiger partial charge in [-0.15, -0.1) is 0 Å². The summed E-state index contributed by atoms with van der Waals surface area (Å²) in [5, 5.41) is 2.78. The predicted octanol–water partition coefficient (Wildman–Crippen LogP) is -0.236. The summed E-state index contributed by atoms with van der Waals surface area (Å²) in [4.78, 5) is 13.4. The van der Waals surface area contributed by atoms with Gasteiger partial charge >= 0.3 is 6.03 Å². The quantitative estimate of drug-likeness (QED) is 0.648. The molecule has 5 nitrogen and oxygen atoms in total. The van der Waals surface area contributed by atoms with E-state index in [-0.39, 0.29) is 18.2 Å². The number of ether oxygens (including phenoxy) is 1. The van der Waals surface area contributed by atoms with Crippen LogP contribution in [0.1, 0.15) is 13.8 Å². The molecule has 0 aromatic heterocycles. The van der Waals surface area contributed by atoms with Gasteiger partial charge in [0.1, 0.15) is 0 Å². The van der Waals surface area contributed by atoms with Gasteiger partial charge in [-0.25, -0.2) is 4.79 Å². The van der Waals surface area contributed by atoms with Crippen molar-refractivity contribution in [2.24, 2.45) is 5.73 Å². The van der Waals surface area contributed by atoms with E-state index in [9.17, 15) is 4.79 Å². The lowest BCUT2D eigenvalue weighted by molar-refractivity contribution is -0.0360. The van der Waals surface area contributed by atoms with Crippen molar-refractivity contribution in [2.75, 3.05) is 26.2 Å². The van der Waals surface area contributed by atoms with Crippen LogP contribution < -0.4 is 11.1 Å². The fraction of sp³-hybridized carbons (Fsp3) is 0.889. The summed E-state index contributed by atoms with van der Waals surface area (Å²) in [6.45, 7) is 6.15. The first-order valence-corrected chi connectivity index (χ1v) is 5.05. The number of nitrogens with zero attached hydrogens (tertiary/aromatic N) is 1. The van der Waals surface area contributed by atoms with Crippen molar-refractivity contribution in [3.05, 3.63) is 0 Å². The first kappa shape index (κ1) is 11.3. The standard InChI is InChI=1S/C9H19N3O2/c1-3-11-9(13)12-5-8(4-10)14-6-7(12)2/h7-8H,3-6,10H2,1-2H3,(H,11,13). The van der Waals surface area contributed by atoms with E-state index in [0.717, 1.165) is 0 Å². The molecule has 2 amide bonds. The van der Waals surface area contributed by atoms with Crippen molar-refractivity contribution in [1.29, 1.82) is 0 Å². The van der Waals surface area contributed by atoms with Crippen molar-refractivity contribution in [2.45, 2.75) is 26.0 Å². The Balaban J connectivity index is 2.51. The summed E-state index contributed by atoms with van der Waals surface area (Å²) in [5.41, 5.74) is 5.50. The Morgan fingerprint density at radius 2 is 2.43 bits per heavy atom. The van der Waals surface area contributed by atoms with Gasteiger partial charge in [0.2, 0.25) is 0 Å². The maximum atomic E-state index is 11.6. The van der Waals surface area contributed by atoms with Gasteiger partial charge in [-0.3, -0.25) is 0 Å². The van der Waals surface area contributed by atoms with E-state index in [0.29, 0.717) is 26.2 Å². The van der Waals surface area contributed by atoms with Crippen LogP contribution in [0, 0.1) is 0 Å². The Morgan fingerprint density at radius 1 is 1.71 bits per heavy atom. The van der Waals surface area contributed by atoms with Crippen LogP contribution in [0.5, 0.6) is 0 Å². The zero-order valence-electron chi connectivity index (χ0n) is 8.82. The smallest absolute Gasteiger partial charge is 0.317 e. The molecule has 0 spiro atoms. The molecule has 1 aliphatic heterocycles. The Kier molecular flexibility index (Phi) is 4.16. The molecule has 1 fully saturated rings. The second-order valence-electron chi connectivity index (χ2n) is 3.53. The van der Waals surface area contributed by atoms with Gasteiger partial charge in [0.15, 0.2) is 0 Å². The van der Waals surface area contributed by atoms with Crippen LogP contribution in [0.25, 0.3) is 0 Å². The zero-order valence-corrected chi connectivity index (χ0v) is 8.82. The van der Waals surface area contributed by atoms with Gasteiger partial charge in [-0.2, -0.15) is 0 Å². The highest BCUT2D eigenvalue weighted by Gasteiger charge is 2.28. The lowest BCUT2D eigenvalue weighted by Gasteiger charge is -2.37. The number of rotatable bonds is 2. The minimum absolute atomic E-state index is 0.0196. The van der Waals surface area contributed by atoms with Crippen LogP contribution in [-0.2, 0) is 4.74 Å². The molecule has 14 heavy (non-hydrogen) atoms. The Morgan fingerprint density at radius 3 is 3.00 bits per heavy atom. The van der Waals surface area contributed by atoms with Crippen LogP contribution in [0.2, 0.25) is 0 Å². The van der Waals surface area contributed by atoms with Crippen LogP contribution in [0.4, 0.5) is 4.79 Å². The lowest BCUT2D eigenvalue weighted by Crippen LogP contribution is -2.55. The highest BCUT2D eigenvalue weighted by molar-refractivity contribution is 5.74. The number of hydrogen-bond donors (Lipinski definition) is 2. The van der Waals surface area contributed by atoms with E-state index in [1.54, 1.807) is 4.90 Å². The number of carbonyl (C=O) groups is 1. The minimum Gasteiger partial charge on any atom is -0.373 e. The molecular formula is C9H19N3O2. The van der Waals surface area contributed by atoms with Crippen LogP contribution >= 0.6 is 0 Å². The largest absolute Gasteiger partial charge is 0.373 e. The molecule has 1 heterocycles. The second-order valence-corrected chi connectivity index (χ2v) is 3.53. The molecule has 82 valence electrons. The first-order chi connectivity index (χ1) is 6.69. The molecule has 1 aliphatic rings. The fourth-order valence-corrected chi connectivity index (χ4v) is 1.50. The molecule has 2 unspecified atom stereocenters. The molecule has 0 radical (unpaired) electrons. The van der Waals surface area contributed by atoms with E-state index < -0.39 is 0 Å². The van der Waals surface area contributed by atoms with Crippen molar-refractivity contribution in [3.8, 4) is 0 Å². The highest BCUT2D eigenvalue weighted by atomic mass is 16.5. The molecular weight excluding hydrogens is 182 g/mol. The molecule has 3 N–H and O–H groups in total. The minimum atomic E-state index is -0.0262. The number of urea groups is 1. The van der Waals surface area contributed by atoms with Gasteiger partial charge < -0.3 is 20.7 Å². The topological polar surface area (TPSA) is 67.6 Å². The summed E-state index contributed by atoms with van der Waals surface area (Å²) in [6, 6.07) is 0.103. The third-order valence-corrected chi connectivity index (χ3v) is 2.36. The summed E-state index contributed by atoms with van der Waals surface area (Å²) < 4.78 is 5.45. The number of nitrogens with two attached hydrogens (primary N) is 1. The predicted molar refractivity (Wildman–Crippen MR) is 54.0 cm³/mol. The average Bonchev–Trinajstić information content (AvgIpc) is 2.19. The zero-order chi connectivity index (χ0) is 10.6. The second kappa shape index (κ2) is 5.17. The van der Waals surface area contributed by atoms with Crippen LogP contribution in [0.3, 0.4) is 0 Å². The molecule has 0 aliphatic carbocycles. The van der Waals surface area contributed by atoms with Gasteiger partial charge in [0.05, 0.1) is 25.3 Å². The molecule has 5 heteroatoms. The molecule has 1 rings (SSSR count). The van der Waals surface area contributed by atoms with Crippen molar-refractivity contribution in [3.63, 3.8) is 0 Å².